The van der Waals surface area contributed by atoms with Gasteiger partial charge in [-0.25, -0.2) is 0 Å². The Morgan fingerprint density at radius 3 is 2.95 bits per heavy atom. The van der Waals surface area contributed by atoms with E-state index in [0.29, 0.717) is 12.5 Å². The minimum atomic E-state index is 0.232. The van der Waals surface area contributed by atoms with Crippen molar-refractivity contribution in [3.05, 3.63) is 12.4 Å². The van der Waals surface area contributed by atoms with Crippen molar-refractivity contribution in [3.63, 3.8) is 0 Å². The van der Waals surface area contributed by atoms with Crippen molar-refractivity contribution < 1.29 is 4.74 Å². The van der Waals surface area contributed by atoms with Crippen molar-refractivity contribution in [2.75, 3.05) is 31.1 Å². The Morgan fingerprint density at radius 1 is 1.30 bits per heavy atom. The Balaban J connectivity index is 1.87. The van der Waals surface area contributed by atoms with Gasteiger partial charge >= 0.3 is 0 Å². The molecular formula is C15H24N4O. The van der Waals surface area contributed by atoms with Gasteiger partial charge in [-0.2, -0.15) is 4.98 Å². The molecule has 1 saturated heterocycles. The van der Waals surface area contributed by atoms with Crippen molar-refractivity contribution in [2.45, 2.75) is 44.6 Å². The van der Waals surface area contributed by atoms with Crippen LogP contribution >= 0.6 is 0 Å². The molecule has 5 heteroatoms. The SMILES string of the molecule is CCOc1cncc(N2CCNCC23CCCCC3)n1. The highest BCUT2D eigenvalue weighted by molar-refractivity contribution is 5.43. The van der Waals surface area contributed by atoms with Crippen LogP contribution < -0.4 is 15.0 Å². The van der Waals surface area contributed by atoms with E-state index in [4.69, 9.17) is 4.74 Å². The highest BCUT2D eigenvalue weighted by Crippen LogP contribution is 2.37. The van der Waals surface area contributed by atoms with Gasteiger partial charge in [0.05, 0.1) is 24.5 Å². The maximum absolute atomic E-state index is 5.50. The Bertz CT molecular complexity index is 437. The summed E-state index contributed by atoms with van der Waals surface area (Å²) in [7, 11) is 0. The normalized spacial score (nSPS) is 21.9. The van der Waals surface area contributed by atoms with Crippen LogP contribution in [0.25, 0.3) is 0 Å². The molecule has 1 aliphatic carbocycles. The lowest BCUT2D eigenvalue weighted by Gasteiger charge is -2.50. The van der Waals surface area contributed by atoms with Crippen LogP contribution in [-0.4, -0.2) is 41.7 Å². The smallest absolute Gasteiger partial charge is 0.234 e. The van der Waals surface area contributed by atoms with Gasteiger partial charge in [0, 0.05) is 19.6 Å². The summed E-state index contributed by atoms with van der Waals surface area (Å²) in [6.45, 7) is 5.69. The van der Waals surface area contributed by atoms with E-state index in [1.807, 2.05) is 13.1 Å². The highest BCUT2D eigenvalue weighted by atomic mass is 16.5. The van der Waals surface area contributed by atoms with E-state index in [-0.39, 0.29) is 5.54 Å². The first-order valence-corrected chi connectivity index (χ1v) is 7.77. The number of nitrogens with zero attached hydrogens (tertiary/aromatic N) is 3. The third-order valence-corrected chi connectivity index (χ3v) is 4.49. The van der Waals surface area contributed by atoms with Crippen LogP contribution in [0.1, 0.15) is 39.0 Å². The third kappa shape index (κ3) is 2.59. The minimum absolute atomic E-state index is 0.232. The van der Waals surface area contributed by atoms with E-state index in [1.165, 1.54) is 32.1 Å². The Hall–Kier alpha value is -1.36. The topological polar surface area (TPSA) is 50.3 Å². The van der Waals surface area contributed by atoms with Crippen LogP contribution in [0.15, 0.2) is 12.4 Å². The molecule has 1 saturated carbocycles. The van der Waals surface area contributed by atoms with Gasteiger partial charge in [0.1, 0.15) is 0 Å². The fraction of sp³-hybridized carbons (Fsp3) is 0.733. The zero-order valence-electron chi connectivity index (χ0n) is 12.3. The summed E-state index contributed by atoms with van der Waals surface area (Å²) in [6, 6.07) is 0. The van der Waals surface area contributed by atoms with Gasteiger partial charge in [-0.05, 0) is 19.8 Å². The van der Waals surface area contributed by atoms with Gasteiger partial charge in [-0.15, -0.1) is 0 Å². The first-order valence-electron chi connectivity index (χ1n) is 7.77. The van der Waals surface area contributed by atoms with E-state index in [2.05, 4.69) is 20.2 Å². The van der Waals surface area contributed by atoms with Crippen LogP contribution in [0.5, 0.6) is 5.88 Å². The summed E-state index contributed by atoms with van der Waals surface area (Å²) in [5.41, 5.74) is 0.232. The van der Waals surface area contributed by atoms with Crippen molar-refractivity contribution in [1.29, 1.82) is 0 Å². The van der Waals surface area contributed by atoms with Crippen LogP contribution in [-0.2, 0) is 0 Å². The lowest BCUT2D eigenvalue weighted by Crippen LogP contribution is -2.62. The molecule has 1 spiro atoms. The number of piperazine rings is 1. The average molecular weight is 276 g/mol. The summed E-state index contributed by atoms with van der Waals surface area (Å²) in [5, 5.41) is 3.56. The summed E-state index contributed by atoms with van der Waals surface area (Å²) >= 11 is 0. The van der Waals surface area contributed by atoms with Gasteiger partial charge < -0.3 is 15.0 Å². The molecule has 0 radical (unpaired) electrons. The summed E-state index contributed by atoms with van der Waals surface area (Å²) in [6.07, 6.45) is 10.1. The minimum Gasteiger partial charge on any atom is -0.477 e. The van der Waals surface area contributed by atoms with E-state index in [1.54, 1.807) is 6.20 Å². The molecule has 0 bridgehead atoms. The molecule has 1 aromatic heterocycles. The first-order chi connectivity index (χ1) is 9.84. The van der Waals surface area contributed by atoms with E-state index in [0.717, 1.165) is 25.5 Å². The van der Waals surface area contributed by atoms with Gasteiger partial charge in [0.2, 0.25) is 5.88 Å². The average Bonchev–Trinajstić information content (AvgIpc) is 2.49. The van der Waals surface area contributed by atoms with E-state index < -0.39 is 0 Å². The van der Waals surface area contributed by atoms with Gasteiger partial charge in [0.15, 0.2) is 5.82 Å². The number of hydrogen-bond donors (Lipinski definition) is 1. The summed E-state index contributed by atoms with van der Waals surface area (Å²) < 4.78 is 5.50. The molecule has 2 heterocycles. The molecule has 3 rings (SSSR count). The standard InChI is InChI=1S/C15H24N4O/c1-2-20-14-11-17-10-13(18-14)19-9-8-16-12-15(19)6-4-3-5-7-15/h10-11,16H,2-9,12H2,1H3. The van der Waals surface area contributed by atoms with Crippen LogP contribution in [0.2, 0.25) is 0 Å². The quantitative estimate of drug-likeness (QED) is 0.915. The second-order valence-electron chi connectivity index (χ2n) is 5.76. The largest absolute Gasteiger partial charge is 0.477 e. The molecule has 1 N–H and O–H groups in total. The van der Waals surface area contributed by atoms with Crippen molar-refractivity contribution in [2.24, 2.45) is 0 Å². The molecule has 110 valence electrons. The second kappa shape index (κ2) is 5.95. The van der Waals surface area contributed by atoms with E-state index >= 15 is 0 Å². The Labute approximate surface area is 120 Å². The van der Waals surface area contributed by atoms with Crippen molar-refractivity contribution >= 4 is 5.82 Å². The summed E-state index contributed by atoms with van der Waals surface area (Å²) in [5.74, 6) is 1.61. The fourth-order valence-electron chi connectivity index (χ4n) is 3.54. The van der Waals surface area contributed by atoms with Gasteiger partial charge in [-0.1, -0.05) is 19.3 Å². The Kier molecular flexibility index (Phi) is 4.05. The number of nitrogens with one attached hydrogen (secondary N) is 1. The molecule has 2 aliphatic rings. The lowest BCUT2D eigenvalue weighted by atomic mass is 9.79. The molecule has 0 unspecified atom stereocenters. The highest BCUT2D eigenvalue weighted by Gasteiger charge is 2.40. The number of anilines is 1. The third-order valence-electron chi connectivity index (χ3n) is 4.49. The Morgan fingerprint density at radius 2 is 2.15 bits per heavy atom. The second-order valence-corrected chi connectivity index (χ2v) is 5.76. The monoisotopic (exact) mass is 276 g/mol. The van der Waals surface area contributed by atoms with Crippen LogP contribution in [0.4, 0.5) is 5.82 Å². The number of hydrogen-bond acceptors (Lipinski definition) is 5. The van der Waals surface area contributed by atoms with Crippen LogP contribution in [0.3, 0.4) is 0 Å². The van der Waals surface area contributed by atoms with Gasteiger partial charge in [0.25, 0.3) is 0 Å². The van der Waals surface area contributed by atoms with Crippen molar-refractivity contribution in [3.8, 4) is 5.88 Å². The molecule has 5 nitrogen and oxygen atoms in total. The number of ether oxygens (including phenoxy) is 1. The number of rotatable bonds is 3. The molecule has 0 amide bonds. The zero-order chi connectivity index (χ0) is 13.8. The molecule has 2 fully saturated rings. The number of aromatic nitrogens is 2. The molecular weight excluding hydrogens is 252 g/mol. The molecule has 0 aromatic carbocycles. The summed E-state index contributed by atoms with van der Waals surface area (Å²) in [4.78, 5) is 11.4. The fourth-order valence-corrected chi connectivity index (χ4v) is 3.54. The van der Waals surface area contributed by atoms with E-state index in [9.17, 15) is 0 Å². The predicted octanol–water partition coefficient (Wildman–Crippen LogP) is 1.99. The van der Waals surface area contributed by atoms with Gasteiger partial charge in [-0.3, -0.25) is 4.98 Å². The maximum atomic E-state index is 5.50. The van der Waals surface area contributed by atoms with Crippen LogP contribution in [0, 0.1) is 0 Å². The first kappa shape index (κ1) is 13.6. The maximum Gasteiger partial charge on any atom is 0.234 e. The zero-order valence-corrected chi connectivity index (χ0v) is 12.3. The molecule has 1 aliphatic heterocycles. The lowest BCUT2D eigenvalue weighted by molar-refractivity contribution is 0.238. The molecule has 20 heavy (non-hydrogen) atoms. The molecule has 0 atom stereocenters. The van der Waals surface area contributed by atoms with Crippen molar-refractivity contribution in [1.82, 2.24) is 15.3 Å². The predicted molar refractivity (Wildman–Crippen MR) is 79.2 cm³/mol. The molecule has 1 aromatic rings.